The van der Waals surface area contributed by atoms with E-state index in [1.807, 2.05) is 0 Å². The average Bonchev–Trinajstić information content (AvgIpc) is 2.86. The van der Waals surface area contributed by atoms with Crippen molar-refractivity contribution in [2.45, 2.75) is 12.8 Å². The van der Waals surface area contributed by atoms with Crippen molar-refractivity contribution in [1.29, 1.82) is 0 Å². The zero-order chi connectivity index (χ0) is 13.0. The van der Waals surface area contributed by atoms with E-state index in [0.717, 1.165) is 25.9 Å². The maximum atomic E-state index is 11.7. The van der Waals surface area contributed by atoms with Gasteiger partial charge in [0, 0.05) is 19.2 Å². The first-order chi connectivity index (χ1) is 8.70. The second kappa shape index (κ2) is 5.78. The zero-order valence-electron chi connectivity index (χ0n) is 9.89. The van der Waals surface area contributed by atoms with Crippen LogP contribution < -0.4 is 9.47 Å². The topological polar surface area (TPSA) is 38.8 Å². The van der Waals surface area contributed by atoms with E-state index in [-0.39, 0.29) is 6.09 Å². The van der Waals surface area contributed by atoms with Gasteiger partial charge in [-0.1, -0.05) is 18.2 Å². The Balaban J connectivity index is 2.02. The van der Waals surface area contributed by atoms with Crippen LogP contribution in [0.15, 0.2) is 31.0 Å². The minimum absolute atomic E-state index is 0.332. The number of ether oxygens (including phenoxy) is 2. The molecule has 0 atom stereocenters. The molecular weight excluding hydrogens is 254 g/mol. The van der Waals surface area contributed by atoms with Gasteiger partial charge in [0.1, 0.15) is 11.5 Å². The first kappa shape index (κ1) is 12.8. The van der Waals surface area contributed by atoms with E-state index in [1.54, 1.807) is 23.1 Å². The largest absolute Gasteiger partial charge is 0.464 e. The van der Waals surface area contributed by atoms with Gasteiger partial charge in [-0.3, -0.25) is 0 Å². The molecule has 1 aromatic carbocycles. The van der Waals surface area contributed by atoms with Crippen LogP contribution in [0.5, 0.6) is 11.5 Å². The van der Waals surface area contributed by atoms with Crippen molar-refractivity contribution in [2.24, 2.45) is 0 Å². The highest BCUT2D eigenvalue weighted by Crippen LogP contribution is 2.29. The highest BCUT2D eigenvalue weighted by molar-refractivity contribution is 6.32. The lowest BCUT2D eigenvalue weighted by molar-refractivity contribution is 0.162. The molecule has 1 aromatic rings. The summed E-state index contributed by atoms with van der Waals surface area (Å²) >= 11 is 5.97. The van der Waals surface area contributed by atoms with Crippen LogP contribution >= 0.6 is 11.6 Å². The zero-order valence-corrected chi connectivity index (χ0v) is 10.7. The van der Waals surface area contributed by atoms with Gasteiger partial charge in [-0.25, -0.2) is 4.79 Å². The number of carbonyl (C=O) groups excluding carboxylic acids is 1. The lowest BCUT2D eigenvalue weighted by atomic mass is 10.3. The summed E-state index contributed by atoms with van der Waals surface area (Å²) < 4.78 is 10.3. The minimum Gasteiger partial charge on any atom is -0.464 e. The summed E-state index contributed by atoms with van der Waals surface area (Å²) in [5.41, 5.74) is 0. The van der Waals surface area contributed by atoms with Gasteiger partial charge in [0.15, 0.2) is 0 Å². The molecule has 0 radical (unpaired) electrons. The molecule has 1 heterocycles. The molecule has 0 unspecified atom stereocenters. The van der Waals surface area contributed by atoms with Gasteiger partial charge in [0.05, 0.1) is 11.3 Å². The fraction of sp³-hybridized carbons (Fsp3) is 0.308. The third kappa shape index (κ3) is 2.96. The van der Waals surface area contributed by atoms with Gasteiger partial charge < -0.3 is 14.4 Å². The maximum Gasteiger partial charge on any atom is 0.415 e. The van der Waals surface area contributed by atoms with Crippen LogP contribution in [0, 0.1) is 0 Å². The number of rotatable bonds is 3. The van der Waals surface area contributed by atoms with Crippen LogP contribution in [0.3, 0.4) is 0 Å². The van der Waals surface area contributed by atoms with Crippen LogP contribution in [-0.4, -0.2) is 24.1 Å². The van der Waals surface area contributed by atoms with Crippen LogP contribution in [0.1, 0.15) is 12.8 Å². The molecule has 96 valence electrons. The molecule has 4 nitrogen and oxygen atoms in total. The Kier molecular flexibility index (Phi) is 4.10. The molecule has 1 aliphatic rings. The number of likely N-dealkylation sites (tertiary alicyclic amines) is 1. The number of amides is 1. The number of carbonyl (C=O) groups is 1. The molecule has 0 bridgehead atoms. The van der Waals surface area contributed by atoms with Crippen molar-refractivity contribution in [1.82, 2.24) is 4.90 Å². The molecule has 1 aliphatic heterocycles. The molecule has 5 heteroatoms. The minimum atomic E-state index is -0.332. The summed E-state index contributed by atoms with van der Waals surface area (Å²) in [6.07, 6.45) is 3.02. The Morgan fingerprint density at radius 3 is 2.72 bits per heavy atom. The molecule has 1 saturated heterocycles. The number of hydrogen-bond donors (Lipinski definition) is 0. The fourth-order valence-corrected chi connectivity index (χ4v) is 2.01. The van der Waals surface area contributed by atoms with Crippen molar-refractivity contribution in [3.63, 3.8) is 0 Å². The van der Waals surface area contributed by atoms with Crippen LogP contribution in [0.2, 0.25) is 5.02 Å². The lowest BCUT2D eigenvalue weighted by Gasteiger charge is -2.15. The molecule has 0 spiro atoms. The summed E-state index contributed by atoms with van der Waals surface area (Å²) in [6.45, 7) is 4.96. The number of benzene rings is 1. The van der Waals surface area contributed by atoms with Gasteiger partial charge >= 0.3 is 6.09 Å². The summed E-state index contributed by atoms with van der Waals surface area (Å²) in [4.78, 5) is 13.4. The van der Waals surface area contributed by atoms with Crippen molar-refractivity contribution in [3.05, 3.63) is 36.1 Å². The van der Waals surface area contributed by atoms with Gasteiger partial charge in [-0.05, 0) is 25.0 Å². The van der Waals surface area contributed by atoms with E-state index < -0.39 is 0 Å². The first-order valence-electron chi connectivity index (χ1n) is 5.74. The Morgan fingerprint density at radius 1 is 1.39 bits per heavy atom. The van der Waals surface area contributed by atoms with Crippen LogP contribution in [-0.2, 0) is 0 Å². The normalized spacial score (nSPS) is 14.4. The van der Waals surface area contributed by atoms with Gasteiger partial charge in [0.25, 0.3) is 0 Å². The van der Waals surface area contributed by atoms with Crippen molar-refractivity contribution in [3.8, 4) is 11.5 Å². The Morgan fingerprint density at radius 2 is 2.11 bits per heavy atom. The summed E-state index contributed by atoms with van der Waals surface area (Å²) in [5, 5.41) is 0.377. The molecule has 1 fully saturated rings. The van der Waals surface area contributed by atoms with Crippen molar-refractivity contribution >= 4 is 17.7 Å². The average molecular weight is 268 g/mol. The smallest absolute Gasteiger partial charge is 0.415 e. The van der Waals surface area contributed by atoms with Crippen molar-refractivity contribution in [2.75, 3.05) is 13.1 Å². The van der Waals surface area contributed by atoms with Gasteiger partial charge in [0.2, 0.25) is 0 Å². The quantitative estimate of drug-likeness (QED) is 0.788. The van der Waals surface area contributed by atoms with E-state index >= 15 is 0 Å². The number of nitrogens with zero attached hydrogens (tertiary/aromatic N) is 1. The highest BCUT2D eigenvalue weighted by atomic mass is 35.5. The molecule has 0 aliphatic carbocycles. The summed E-state index contributed by atoms with van der Waals surface area (Å²) in [6, 6.07) is 4.82. The number of hydrogen-bond acceptors (Lipinski definition) is 3. The molecule has 1 amide bonds. The predicted octanol–water partition coefficient (Wildman–Crippen LogP) is 3.46. The third-order valence-corrected chi connectivity index (χ3v) is 2.98. The molecule has 2 rings (SSSR count). The molecule has 0 aromatic heterocycles. The predicted molar refractivity (Wildman–Crippen MR) is 69.1 cm³/mol. The van der Waals surface area contributed by atoms with Crippen LogP contribution in [0.4, 0.5) is 4.79 Å². The third-order valence-electron chi connectivity index (χ3n) is 2.68. The molecule has 0 N–H and O–H groups in total. The summed E-state index contributed by atoms with van der Waals surface area (Å²) in [5.74, 6) is 0.890. The van der Waals surface area contributed by atoms with Crippen molar-refractivity contribution < 1.29 is 14.3 Å². The first-order valence-corrected chi connectivity index (χ1v) is 6.12. The molecule has 18 heavy (non-hydrogen) atoms. The molecular formula is C13H14ClNO3. The fourth-order valence-electron chi connectivity index (χ4n) is 1.80. The number of halogens is 1. The lowest BCUT2D eigenvalue weighted by Crippen LogP contribution is -2.30. The van der Waals surface area contributed by atoms with E-state index in [4.69, 9.17) is 21.1 Å². The van der Waals surface area contributed by atoms with E-state index in [1.165, 1.54) is 6.26 Å². The van der Waals surface area contributed by atoms with Crippen LogP contribution in [0.25, 0.3) is 0 Å². The van der Waals surface area contributed by atoms with Gasteiger partial charge in [-0.15, -0.1) is 0 Å². The Bertz CT molecular complexity index is 456. The highest BCUT2D eigenvalue weighted by Gasteiger charge is 2.20. The second-order valence-electron chi connectivity index (χ2n) is 3.94. The maximum absolute atomic E-state index is 11.7. The SMILES string of the molecule is C=COc1ccc(OC(=O)N2CCCC2)cc1Cl. The summed E-state index contributed by atoms with van der Waals surface area (Å²) in [7, 11) is 0. The Labute approximate surface area is 111 Å². The standard InChI is InChI=1S/C13H14ClNO3/c1-2-17-12-6-5-10(9-11(12)14)18-13(16)15-7-3-4-8-15/h2,5-6,9H,1,3-4,7-8H2. The van der Waals surface area contributed by atoms with E-state index in [0.29, 0.717) is 16.5 Å². The van der Waals surface area contributed by atoms with Gasteiger partial charge in [-0.2, -0.15) is 0 Å². The van der Waals surface area contributed by atoms with E-state index in [2.05, 4.69) is 6.58 Å². The monoisotopic (exact) mass is 267 g/mol. The molecule has 0 saturated carbocycles. The second-order valence-corrected chi connectivity index (χ2v) is 4.35. The van der Waals surface area contributed by atoms with E-state index in [9.17, 15) is 4.79 Å². The Hall–Kier alpha value is -1.68.